The summed E-state index contributed by atoms with van der Waals surface area (Å²) in [6.45, 7) is 5.97. The second-order valence-electron chi connectivity index (χ2n) is 4.71. The van der Waals surface area contributed by atoms with Crippen molar-refractivity contribution in [3.05, 3.63) is 29.3 Å². The molecule has 0 fully saturated rings. The minimum absolute atomic E-state index is 0. The third-order valence-corrected chi connectivity index (χ3v) is 3.13. The summed E-state index contributed by atoms with van der Waals surface area (Å²) < 4.78 is 5.07. The number of anilines is 1. The monoisotopic (exact) mass is 300 g/mol. The van der Waals surface area contributed by atoms with Gasteiger partial charge in [-0.2, -0.15) is 0 Å². The molecule has 0 radical (unpaired) electrons. The van der Waals surface area contributed by atoms with Crippen LogP contribution in [-0.2, 0) is 4.74 Å². The first-order chi connectivity index (χ1) is 9.10. The summed E-state index contributed by atoms with van der Waals surface area (Å²) in [6, 6.07) is 5.46. The molecule has 5 heteroatoms. The van der Waals surface area contributed by atoms with E-state index in [1.165, 1.54) is 0 Å². The fourth-order valence-corrected chi connectivity index (χ4v) is 1.91. The molecule has 1 aromatic rings. The fourth-order valence-electron chi connectivity index (χ4n) is 1.91. The molecule has 0 spiro atoms. The van der Waals surface area contributed by atoms with Gasteiger partial charge in [0.2, 0.25) is 0 Å². The first-order valence-corrected chi connectivity index (χ1v) is 6.74. The van der Waals surface area contributed by atoms with Crippen LogP contribution in [0.1, 0.15) is 35.7 Å². The summed E-state index contributed by atoms with van der Waals surface area (Å²) in [6.07, 6.45) is 2.06. The molecular formula is C15H25ClN2O2. The van der Waals surface area contributed by atoms with Gasteiger partial charge in [0.15, 0.2) is 0 Å². The highest BCUT2D eigenvalue weighted by Gasteiger charge is 2.17. The number of unbranched alkanes of at least 4 members (excludes halogenated alkanes) is 1. The van der Waals surface area contributed by atoms with Crippen molar-refractivity contribution in [3.63, 3.8) is 0 Å². The number of nitrogens with two attached hydrogens (primary N) is 1. The molecule has 20 heavy (non-hydrogen) atoms. The number of nitrogens with zero attached hydrogens (tertiary/aromatic N) is 1. The van der Waals surface area contributed by atoms with E-state index in [4.69, 9.17) is 10.5 Å². The van der Waals surface area contributed by atoms with E-state index in [0.29, 0.717) is 24.4 Å². The van der Waals surface area contributed by atoms with Gasteiger partial charge in [0, 0.05) is 31.5 Å². The molecule has 1 rings (SSSR count). The standard InChI is InChI=1S/C15H24N2O2.ClH/c1-4-5-8-17(9-10-19-3)15(18)14-11-13(16)7-6-12(14)2;/h6-7,11H,4-5,8-10,16H2,1-3H3;1H. The number of carbonyl (C=O) groups excluding carboxylic acids is 1. The molecule has 0 aliphatic heterocycles. The van der Waals surface area contributed by atoms with Gasteiger partial charge < -0.3 is 15.4 Å². The maximum atomic E-state index is 12.5. The molecule has 0 aliphatic carbocycles. The van der Waals surface area contributed by atoms with Gasteiger partial charge in [-0.15, -0.1) is 12.4 Å². The second kappa shape index (κ2) is 9.61. The normalized spacial score (nSPS) is 9.95. The largest absolute Gasteiger partial charge is 0.399 e. The maximum Gasteiger partial charge on any atom is 0.254 e. The van der Waals surface area contributed by atoms with Crippen LogP contribution in [0.5, 0.6) is 0 Å². The van der Waals surface area contributed by atoms with Crippen LogP contribution in [0, 0.1) is 6.92 Å². The van der Waals surface area contributed by atoms with Crippen molar-refractivity contribution in [2.45, 2.75) is 26.7 Å². The molecule has 0 bridgehead atoms. The van der Waals surface area contributed by atoms with E-state index < -0.39 is 0 Å². The maximum absolute atomic E-state index is 12.5. The lowest BCUT2D eigenvalue weighted by Gasteiger charge is -2.23. The quantitative estimate of drug-likeness (QED) is 0.788. The van der Waals surface area contributed by atoms with Gasteiger partial charge in [-0.05, 0) is 31.0 Å². The van der Waals surface area contributed by atoms with E-state index in [-0.39, 0.29) is 18.3 Å². The van der Waals surface area contributed by atoms with Crippen LogP contribution >= 0.6 is 12.4 Å². The molecule has 4 nitrogen and oxygen atoms in total. The number of benzene rings is 1. The number of hydrogen-bond donors (Lipinski definition) is 1. The Morgan fingerprint density at radius 1 is 1.35 bits per heavy atom. The van der Waals surface area contributed by atoms with E-state index in [9.17, 15) is 4.79 Å². The fraction of sp³-hybridized carbons (Fsp3) is 0.533. The molecule has 2 N–H and O–H groups in total. The molecule has 0 atom stereocenters. The van der Waals surface area contributed by atoms with Crippen molar-refractivity contribution in [2.75, 3.05) is 32.5 Å². The Morgan fingerprint density at radius 3 is 2.65 bits per heavy atom. The smallest absolute Gasteiger partial charge is 0.254 e. The number of hydrogen-bond acceptors (Lipinski definition) is 3. The van der Waals surface area contributed by atoms with Crippen molar-refractivity contribution in [2.24, 2.45) is 0 Å². The van der Waals surface area contributed by atoms with Gasteiger partial charge in [-0.1, -0.05) is 19.4 Å². The van der Waals surface area contributed by atoms with Gasteiger partial charge in [0.05, 0.1) is 6.61 Å². The third kappa shape index (κ3) is 5.39. The summed E-state index contributed by atoms with van der Waals surface area (Å²) in [5.74, 6) is 0.0373. The zero-order valence-electron chi connectivity index (χ0n) is 12.5. The second-order valence-corrected chi connectivity index (χ2v) is 4.71. The Hall–Kier alpha value is -1.26. The van der Waals surface area contributed by atoms with E-state index >= 15 is 0 Å². The Bertz CT molecular complexity index is 416. The number of ether oxygens (including phenoxy) is 1. The minimum Gasteiger partial charge on any atom is -0.399 e. The molecule has 0 unspecified atom stereocenters. The molecule has 0 aliphatic rings. The van der Waals surface area contributed by atoms with Gasteiger partial charge in [0.25, 0.3) is 5.91 Å². The van der Waals surface area contributed by atoms with Crippen molar-refractivity contribution in [3.8, 4) is 0 Å². The molecule has 1 amide bonds. The number of carbonyl (C=O) groups is 1. The van der Waals surface area contributed by atoms with Gasteiger partial charge in [-0.25, -0.2) is 0 Å². The van der Waals surface area contributed by atoms with Crippen molar-refractivity contribution in [1.29, 1.82) is 0 Å². The lowest BCUT2D eigenvalue weighted by molar-refractivity contribution is 0.0692. The van der Waals surface area contributed by atoms with Gasteiger partial charge >= 0.3 is 0 Å². The highest BCUT2D eigenvalue weighted by Crippen LogP contribution is 2.15. The van der Waals surface area contributed by atoms with Crippen LogP contribution in [0.2, 0.25) is 0 Å². The predicted octanol–water partition coefficient (Wildman–Crippen LogP) is 2.89. The average molecular weight is 301 g/mol. The Balaban J connectivity index is 0.00000361. The molecule has 114 valence electrons. The molecule has 0 aromatic heterocycles. The Morgan fingerprint density at radius 2 is 2.05 bits per heavy atom. The van der Waals surface area contributed by atoms with Crippen LogP contribution in [0.15, 0.2) is 18.2 Å². The molecular weight excluding hydrogens is 276 g/mol. The van der Waals surface area contributed by atoms with Crippen LogP contribution in [0.3, 0.4) is 0 Å². The van der Waals surface area contributed by atoms with Crippen LogP contribution in [-0.4, -0.2) is 37.6 Å². The molecule has 0 heterocycles. The van der Waals surface area contributed by atoms with Crippen molar-refractivity contribution >= 4 is 24.0 Å². The van der Waals surface area contributed by atoms with Gasteiger partial charge in [-0.3, -0.25) is 4.79 Å². The zero-order valence-corrected chi connectivity index (χ0v) is 13.3. The Kier molecular flexibility index (Phi) is 9.01. The highest BCUT2D eigenvalue weighted by molar-refractivity contribution is 5.96. The van der Waals surface area contributed by atoms with Crippen LogP contribution in [0.4, 0.5) is 5.69 Å². The van der Waals surface area contributed by atoms with E-state index in [0.717, 1.165) is 24.9 Å². The summed E-state index contributed by atoms with van der Waals surface area (Å²) in [4.78, 5) is 14.4. The minimum atomic E-state index is 0. The summed E-state index contributed by atoms with van der Waals surface area (Å²) in [7, 11) is 1.65. The van der Waals surface area contributed by atoms with E-state index in [1.807, 2.05) is 24.0 Å². The topological polar surface area (TPSA) is 55.6 Å². The average Bonchev–Trinajstić information content (AvgIpc) is 2.41. The number of aryl methyl sites for hydroxylation is 1. The first-order valence-electron chi connectivity index (χ1n) is 6.74. The van der Waals surface area contributed by atoms with Crippen molar-refractivity contribution in [1.82, 2.24) is 4.90 Å². The first kappa shape index (κ1) is 18.7. The molecule has 0 saturated carbocycles. The molecule has 0 saturated heterocycles. The van der Waals surface area contributed by atoms with Gasteiger partial charge in [0.1, 0.15) is 0 Å². The summed E-state index contributed by atoms with van der Waals surface area (Å²) >= 11 is 0. The number of methoxy groups -OCH3 is 1. The zero-order chi connectivity index (χ0) is 14.3. The van der Waals surface area contributed by atoms with E-state index in [2.05, 4.69) is 6.92 Å². The molecule has 1 aromatic carbocycles. The van der Waals surface area contributed by atoms with Crippen LogP contribution < -0.4 is 5.73 Å². The number of nitrogen functional groups attached to an aromatic ring is 1. The summed E-state index contributed by atoms with van der Waals surface area (Å²) in [5, 5.41) is 0. The number of amides is 1. The lowest BCUT2D eigenvalue weighted by atomic mass is 10.1. The lowest BCUT2D eigenvalue weighted by Crippen LogP contribution is -2.35. The third-order valence-electron chi connectivity index (χ3n) is 3.13. The number of rotatable bonds is 7. The van der Waals surface area contributed by atoms with Crippen LogP contribution in [0.25, 0.3) is 0 Å². The SMILES string of the molecule is CCCCN(CCOC)C(=O)c1cc(N)ccc1C.Cl. The Labute approximate surface area is 127 Å². The highest BCUT2D eigenvalue weighted by atomic mass is 35.5. The summed E-state index contributed by atoms with van der Waals surface area (Å²) in [5.41, 5.74) is 8.04. The van der Waals surface area contributed by atoms with Crippen molar-refractivity contribution < 1.29 is 9.53 Å². The number of halogens is 1. The predicted molar refractivity (Wildman–Crippen MR) is 85.5 cm³/mol. The van der Waals surface area contributed by atoms with E-state index in [1.54, 1.807) is 13.2 Å².